The molecule has 1 aromatic carbocycles. The van der Waals surface area contributed by atoms with E-state index in [1.165, 1.54) is 0 Å². The number of hydrogen-bond acceptors (Lipinski definition) is 2. The summed E-state index contributed by atoms with van der Waals surface area (Å²) in [4.78, 5) is 22.0. The molecule has 0 saturated heterocycles. The molecule has 9 heteroatoms. The fourth-order valence-electron chi connectivity index (χ4n) is 2.53. The highest BCUT2D eigenvalue weighted by atomic mass is 19.4. The lowest BCUT2D eigenvalue weighted by molar-refractivity contribution is -0.138. The number of benzene rings is 1. The summed E-state index contributed by atoms with van der Waals surface area (Å²) in [5.41, 5.74) is -1.53. The van der Waals surface area contributed by atoms with E-state index in [4.69, 9.17) is 5.11 Å². The van der Waals surface area contributed by atoms with Crippen molar-refractivity contribution in [3.8, 4) is 0 Å². The molecule has 0 unspecified atom stereocenters. The molecule has 1 aliphatic carbocycles. The Morgan fingerprint density at radius 2 is 1.84 bits per heavy atom. The van der Waals surface area contributed by atoms with Gasteiger partial charge in [-0.25, -0.2) is 9.18 Å². The van der Waals surface area contributed by atoms with E-state index < -0.39 is 35.0 Å². The molecular formula is C16H18F4N2O3. The van der Waals surface area contributed by atoms with E-state index in [0.29, 0.717) is 18.9 Å². The predicted octanol–water partition coefficient (Wildman–Crippen LogP) is 3.04. The molecule has 1 fully saturated rings. The van der Waals surface area contributed by atoms with E-state index in [2.05, 4.69) is 10.6 Å². The predicted molar refractivity (Wildman–Crippen MR) is 80.6 cm³/mol. The Labute approximate surface area is 141 Å². The van der Waals surface area contributed by atoms with Crippen LogP contribution in [0.3, 0.4) is 0 Å². The van der Waals surface area contributed by atoms with Crippen molar-refractivity contribution >= 4 is 12.0 Å². The third kappa shape index (κ3) is 5.33. The van der Waals surface area contributed by atoms with Crippen molar-refractivity contribution in [2.24, 2.45) is 0 Å². The van der Waals surface area contributed by atoms with E-state index in [-0.39, 0.29) is 31.5 Å². The lowest BCUT2D eigenvalue weighted by Gasteiger charge is -2.19. The van der Waals surface area contributed by atoms with Crippen molar-refractivity contribution in [2.75, 3.05) is 13.1 Å². The minimum atomic E-state index is -4.64. The van der Waals surface area contributed by atoms with E-state index in [1.807, 2.05) is 0 Å². The molecule has 2 rings (SSSR count). The third-order valence-corrected chi connectivity index (χ3v) is 4.13. The van der Waals surface area contributed by atoms with Gasteiger partial charge in [0.1, 0.15) is 5.82 Å². The summed E-state index contributed by atoms with van der Waals surface area (Å²) in [6.45, 7) is 0.252. The highest BCUT2D eigenvalue weighted by molar-refractivity contribution is 5.74. The maximum absolute atomic E-state index is 13.5. The molecule has 5 nitrogen and oxygen atoms in total. The number of halogens is 4. The highest BCUT2D eigenvalue weighted by Gasteiger charge is 2.45. The van der Waals surface area contributed by atoms with Crippen molar-refractivity contribution in [3.63, 3.8) is 0 Å². The summed E-state index contributed by atoms with van der Waals surface area (Å²) in [5, 5.41) is 13.5. The molecule has 1 aliphatic rings. The minimum absolute atomic E-state index is 0.0757. The number of carbonyl (C=O) groups is 2. The summed E-state index contributed by atoms with van der Waals surface area (Å²) in [6, 6.07) is 1.89. The average molecular weight is 362 g/mol. The average Bonchev–Trinajstić information content (AvgIpc) is 3.29. The van der Waals surface area contributed by atoms with Gasteiger partial charge in [-0.3, -0.25) is 4.79 Å². The van der Waals surface area contributed by atoms with Crippen LogP contribution in [0.15, 0.2) is 18.2 Å². The standard InChI is InChI=1S/C16H18F4N2O3/c17-12-7-10(6-11(8-12)16(18,19)20)15(3-4-15)9-22-14(25)21-5-1-2-13(23)24/h6-8H,1-5,9H2,(H,23,24)(H2,21,22,25). The first-order valence-corrected chi connectivity index (χ1v) is 7.74. The van der Waals surface area contributed by atoms with Crippen LogP contribution in [0.4, 0.5) is 22.4 Å². The maximum Gasteiger partial charge on any atom is 0.416 e. The zero-order valence-electron chi connectivity index (χ0n) is 13.3. The number of aliphatic carboxylic acids is 1. The molecule has 0 spiro atoms. The van der Waals surface area contributed by atoms with Gasteiger partial charge in [0.2, 0.25) is 0 Å². The molecule has 0 heterocycles. The van der Waals surface area contributed by atoms with Gasteiger partial charge in [-0.1, -0.05) is 0 Å². The molecule has 3 N–H and O–H groups in total. The molecule has 1 aromatic rings. The molecule has 0 aromatic heterocycles. The summed E-state index contributed by atoms with van der Waals surface area (Å²) in [5.74, 6) is -1.93. The minimum Gasteiger partial charge on any atom is -0.481 e. The second-order valence-corrected chi connectivity index (χ2v) is 6.11. The first-order valence-electron chi connectivity index (χ1n) is 7.74. The van der Waals surface area contributed by atoms with Gasteiger partial charge in [-0.2, -0.15) is 13.2 Å². The van der Waals surface area contributed by atoms with Crippen LogP contribution in [0.5, 0.6) is 0 Å². The topological polar surface area (TPSA) is 78.4 Å². The zero-order chi connectivity index (χ0) is 18.7. The van der Waals surface area contributed by atoms with Crippen molar-refractivity contribution in [1.82, 2.24) is 10.6 Å². The van der Waals surface area contributed by atoms with Gasteiger partial charge in [0.25, 0.3) is 0 Å². The molecule has 1 saturated carbocycles. The first kappa shape index (κ1) is 19.0. The van der Waals surface area contributed by atoms with Crippen LogP contribution >= 0.6 is 0 Å². The van der Waals surface area contributed by atoms with Gasteiger partial charge in [0.05, 0.1) is 5.56 Å². The van der Waals surface area contributed by atoms with Crippen LogP contribution in [0, 0.1) is 5.82 Å². The smallest absolute Gasteiger partial charge is 0.416 e. The SMILES string of the molecule is O=C(O)CCCNC(=O)NCC1(c2cc(F)cc(C(F)(F)F)c2)CC1. The molecule has 0 aliphatic heterocycles. The van der Waals surface area contributed by atoms with E-state index in [0.717, 1.165) is 12.1 Å². The number of carboxylic acid groups (broad SMARTS) is 1. The van der Waals surface area contributed by atoms with Gasteiger partial charge in [0.15, 0.2) is 0 Å². The van der Waals surface area contributed by atoms with E-state index in [9.17, 15) is 27.2 Å². The number of carbonyl (C=O) groups excluding carboxylic acids is 1. The monoisotopic (exact) mass is 362 g/mol. The van der Waals surface area contributed by atoms with Crippen LogP contribution in [-0.4, -0.2) is 30.2 Å². The van der Waals surface area contributed by atoms with Gasteiger partial charge in [0, 0.05) is 24.9 Å². The number of alkyl halides is 3. The highest BCUT2D eigenvalue weighted by Crippen LogP contribution is 2.48. The van der Waals surface area contributed by atoms with Gasteiger partial charge in [-0.15, -0.1) is 0 Å². The summed E-state index contributed by atoms with van der Waals surface area (Å²) in [7, 11) is 0. The number of nitrogens with one attached hydrogen (secondary N) is 2. The van der Waals surface area contributed by atoms with E-state index in [1.54, 1.807) is 0 Å². The van der Waals surface area contributed by atoms with Gasteiger partial charge >= 0.3 is 18.2 Å². The third-order valence-electron chi connectivity index (χ3n) is 4.13. The number of hydrogen-bond donors (Lipinski definition) is 3. The van der Waals surface area contributed by atoms with Crippen LogP contribution in [0.1, 0.15) is 36.8 Å². The Balaban J connectivity index is 1.93. The Hall–Kier alpha value is -2.32. The molecule has 0 radical (unpaired) electrons. The fourth-order valence-corrected chi connectivity index (χ4v) is 2.53. The first-order chi connectivity index (χ1) is 11.6. The summed E-state index contributed by atoms with van der Waals surface area (Å²) < 4.78 is 52.0. The molecule has 2 amide bonds. The van der Waals surface area contributed by atoms with Crippen LogP contribution in [0.2, 0.25) is 0 Å². The Kier molecular flexibility index (Phi) is 5.54. The maximum atomic E-state index is 13.5. The van der Waals surface area contributed by atoms with Crippen LogP contribution < -0.4 is 10.6 Å². The molecular weight excluding hydrogens is 344 g/mol. The van der Waals surface area contributed by atoms with Crippen LogP contribution in [0.25, 0.3) is 0 Å². The van der Waals surface area contributed by atoms with Crippen molar-refractivity contribution in [1.29, 1.82) is 0 Å². The fraction of sp³-hybridized carbons (Fsp3) is 0.500. The molecule has 25 heavy (non-hydrogen) atoms. The molecule has 0 bridgehead atoms. The zero-order valence-corrected chi connectivity index (χ0v) is 13.3. The van der Waals surface area contributed by atoms with Crippen molar-refractivity contribution in [3.05, 3.63) is 35.1 Å². The molecule has 138 valence electrons. The van der Waals surface area contributed by atoms with Crippen molar-refractivity contribution < 1.29 is 32.3 Å². The van der Waals surface area contributed by atoms with Crippen molar-refractivity contribution in [2.45, 2.75) is 37.3 Å². The number of urea groups is 1. The second kappa shape index (κ2) is 7.28. The molecule has 0 atom stereocenters. The Morgan fingerprint density at radius 3 is 2.40 bits per heavy atom. The number of amides is 2. The lowest BCUT2D eigenvalue weighted by atomic mass is 9.94. The normalized spacial score (nSPS) is 15.5. The van der Waals surface area contributed by atoms with Crippen LogP contribution in [-0.2, 0) is 16.4 Å². The van der Waals surface area contributed by atoms with Gasteiger partial charge in [-0.05, 0) is 43.0 Å². The lowest BCUT2D eigenvalue weighted by Crippen LogP contribution is -2.40. The Bertz CT molecular complexity index is 657. The quantitative estimate of drug-likeness (QED) is 0.515. The number of rotatable bonds is 7. The summed E-state index contributed by atoms with van der Waals surface area (Å²) in [6.07, 6.45) is -3.34. The van der Waals surface area contributed by atoms with E-state index >= 15 is 0 Å². The Morgan fingerprint density at radius 1 is 1.16 bits per heavy atom. The number of carboxylic acids is 1. The largest absolute Gasteiger partial charge is 0.481 e. The summed E-state index contributed by atoms with van der Waals surface area (Å²) >= 11 is 0. The van der Waals surface area contributed by atoms with Gasteiger partial charge < -0.3 is 15.7 Å². The second-order valence-electron chi connectivity index (χ2n) is 6.11.